The fourth-order valence-electron chi connectivity index (χ4n) is 2.08. The van der Waals surface area contributed by atoms with E-state index in [1.165, 1.54) is 5.69 Å². The Balaban J connectivity index is 1.79. The number of carboxylic acid groups (broad SMARTS) is 1. The van der Waals surface area contributed by atoms with Gasteiger partial charge in [0, 0.05) is 46.0 Å². The Hall–Kier alpha value is -1.40. The molecule has 17 heavy (non-hydrogen) atoms. The van der Waals surface area contributed by atoms with Gasteiger partial charge in [-0.3, -0.25) is 19.3 Å². The average molecular weight is 238 g/mol. The molecule has 2 rings (SSSR count). The van der Waals surface area contributed by atoms with Crippen molar-refractivity contribution in [2.45, 2.75) is 6.54 Å². The molecule has 1 aliphatic rings. The van der Waals surface area contributed by atoms with Gasteiger partial charge in [0.05, 0.1) is 12.2 Å². The number of hydrogen-bond donors (Lipinski definition) is 1. The van der Waals surface area contributed by atoms with Gasteiger partial charge in [-0.05, 0) is 6.07 Å². The summed E-state index contributed by atoms with van der Waals surface area (Å²) in [6, 6.07) is 2.02. The van der Waals surface area contributed by atoms with E-state index in [4.69, 9.17) is 5.11 Å². The molecule has 0 atom stereocenters. The molecule has 6 heteroatoms. The number of aliphatic carboxylic acids is 1. The van der Waals surface area contributed by atoms with Gasteiger partial charge in [-0.1, -0.05) is 0 Å². The standard InChI is InChI=1S/C11H18N4O2/c1-13-10(2-3-12-13)8-14-4-6-15(7-5-14)9-11(16)17/h2-3H,4-9H2,1H3,(H,16,17). The van der Waals surface area contributed by atoms with Crippen molar-refractivity contribution in [1.82, 2.24) is 19.6 Å². The van der Waals surface area contributed by atoms with E-state index in [0.717, 1.165) is 32.7 Å². The first kappa shape index (κ1) is 12.1. The van der Waals surface area contributed by atoms with Crippen LogP contribution in [0.2, 0.25) is 0 Å². The van der Waals surface area contributed by atoms with E-state index < -0.39 is 5.97 Å². The minimum atomic E-state index is -0.745. The molecule has 0 bridgehead atoms. The van der Waals surface area contributed by atoms with Crippen LogP contribution < -0.4 is 0 Å². The van der Waals surface area contributed by atoms with E-state index in [9.17, 15) is 4.79 Å². The Bertz CT molecular complexity index is 383. The molecule has 1 N–H and O–H groups in total. The van der Waals surface area contributed by atoms with E-state index in [2.05, 4.69) is 10.00 Å². The second-order valence-corrected chi connectivity index (χ2v) is 4.39. The molecular weight excluding hydrogens is 220 g/mol. The predicted octanol–water partition coefficient (Wildman–Crippen LogP) is -0.378. The van der Waals surface area contributed by atoms with E-state index in [-0.39, 0.29) is 6.54 Å². The number of aromatic nitrogens is 2. The van der Waals surface area contributed by atoms with Gasteiger partial charge in [-0.2, -0.15) is 5.10 Å². The summed E-state index contributed by atoms with van der Waals surface area (Å²) < 4.78 is 1.88. The van der Waals surface area contributed by atoms with Crippen LogP contribution in [0.5, 0.6) is 0 Å². The Morgan fingerprint density at radius 3 is 2.53 bits per heavy atom. The van der Waals surface area contributed by atoms with E-state index >= 15 is 0 Å². The fourth-order valence-corrected chi connectivity index (χ4v) is 2.08. The number of carbonyl (C=O) groups is 1. The Labute approximate surface area is 100 Å². The molecule has 94 valence electrons. The molecule has 0 aliphatic carbocycles. The smallest absolute Gasteiger partial charge is 0.317 e. The highest BCUT2D eigenvalue weighted by Crippen LogP contribution is 2.07. The number of rotatable bonds is 4. The van der Waals surface area contributed by atoms with Crippen LogP contribution in [0.25, 0.3) is 0 Å². The SMILES string of the molecule is Cn1nccc1CN1CCN(CC(=O)O)CC1. The van der Waals surface area contributed by atoms with Gasteiger partial charge in [0.25, 0.3) is 0 Å². The number of piperazine rings is 1. The highest BCUT2D eigenvalue weighted by molar-refractivity contribution is 5.69. The van der Waals surface area contributed by atoms with Crippen LogP contribution in [0.3, 0.4) is 0 Å². The normalized spacial score (nSPS) is 18.4. The van der Waals surface area contributed by atoms with Gasteiger partial charge in [0.15, 0.2) is 0 Å². The highest BCUT2D eigenvalue weighted by atomic mass is 16.4. The zero-order valence-corrected chi connectivity index (χ0v) is 10.0. The number of aryl methyl sites for hydroxylation is 1. The lowest BCUT2D eigenvalue weighted by molar-refractivity contribution is -0.138. The molecule has 0 amide bonds. The molecule has 0 spiro atoms. The van der Waals surface area contributed by atoms with Crippen molar-refractivity contribution in [3.05, 3.63) is 18.0 Å². The quantitative estimate of drug-likeness (QED) is 0.775. The summed E-state index contributed by atoms with van der Waals surface area (Å²) in [5, 5.41) is 12.8. The van der Waals surface area contributed by atoms with Gasteiger partial charge < -0.3 is 5.11 Å². The van der Waals surface area contributed by atoms with Gasteiger partial charge in [-0.25, -0.2) is 0 Å². The molecule has 1 saturated heterocycles. The molecule has 1 aliphatic heterocycles. The maximum absolute atomic E-state index is 10.6. The largest absolute Gasteiger partial charge is 0.480 e. The Kier molecular flexibility index (Phi) is 3.75. The molecule has 1 aromatic heterocycles. The van der Waals surface area contributed by atoms with Crippen molar-refractivity contribution < 1.29 is 9.90 Å². The van der Waals surface area contributed by atoms with Crippen LogP contribution in [-0.2, 0) is 18.4 Å². The zero-order chi connectivity index (χ0) is 12.3. The lowest BCUT2D eigenvalue weighted by Crippen LogP contribution is -2.47. The maximum atomic E-state index is 10.6. The Morgan fingerprint density at radius 2 is 2.00 bits per heavy atom. The summed E-state index contributed by atoms with van der Waals surface area (Å²) in [5.74, 6) is -0.745. The number of carboxylic acids is 1. The lowest BCUT2D eigenvalue weighted by atomic mass is 10.3. The first-order valence-electron chi connectivity index (χ1n) is 5.78. The fraction of sp³-hybridized carbons (Fsp3) is 0.636. The summed E-state index contributed by atoms with van der Waals surface area (Å²) in [4.78, 5) is 14.9. The second-order valence-electron chi connectivity index (χ2n) is 4.39. The second kappa shape index (κ2) is 5.29. The van der Waals surface area contributed by atoms with Crippen LogP contribution in [0.15, 0.2) is 12.3 Å². The van der Waals surface area contributed by atoms with Crippen LogP contribution >= 0.6 is 0 Å². The van der Waals surface area contributed by atoms with Crippen LogP contribution in [0.1, 0.15) is 5.69 Å². The minimum absolute atomic E-state index is 0.152. The molecule has 0 unspecified atom stereocenters. The van der Waals surface area contributed by atoms with Gasteiger partial charge in [0.2, 0.25) is 0 Å². The third-order valence-corrected chi connectivity index (χ3v) is 3.13. The summed E-state index contributed by atoms with van der Waals surface area (Å²) in [7, 11) is 1.94. The molecule has 0 aromatic carbocycles. The van der Waals surface area contributed by atoms with Crippen molar-refractivity contribution in [2.75, 3.05) is 32.7 Å². The summed E-state index contributed by atoms with van der Waals surface area (Å²) in [5.41, 5.74) is 1.19. The molecule has 1 fully saturated rings. The van der Waals surface area contributed by atoms with Gasteiger partial charge in [-0.15, -0.1) is 0 Å². The average Bonchev–Trinajstić information content (AvgIpc) is 2.67. The van der Waals surface area contributed by atoms with Crippen molar-refractivity contribution in [2.24, 2.45) is 7.05 Å². The molecule has 1 aromatic rings. The van der Waals surface area contributed by atoms with Crippen molar-refractivity contribution in [3.8, 4) is 0 Å². The summed E-state index contributed by atoms with van der Waals surface area (Å²) in [6.07, 6.45) is 1.80. The number of nitrogens with zero attached hydrogens (tertiary/aromatic N) is 4. The third-order valence-electron chi connectivity index (χ3n) is 3.13. The third kappa shape index (κ3) is 3.28. The number of hydrogen-bond acceptors (Lipinski definition) is 4. The first-order chi connectivity index (χ1) is 8.15. The first-order valence-corrected chi connectivity index (χ1v) is 5.78. The van der Waals surface area contributed by atoms with Crippen LogP contribution in [-0.4, -0.2) is 63.4 Å². The van der Waals surface area contributed by atoms with Crippen LogP contribution in [0.4, 0.5) is 0 Å². The Morgan fingerprint density at radius 1 is 1.35 bits per heavy atom. The molecule has 0 radical (unpaired) electrons. The molecular formula is C11H18N4O2. The monoisotopic (exact) mass is 238 g/mol. The van der Waals surface area contributed by atoms with Gasteiger partial charge in [0.1, 0.15) is 0 Å². The lowest BCUT2D eigenvalue weighted by Gasteiger charge is -2.33. The minimum Gasteiger partial charge on any atom is -0.480 e. The van der Waals surface area contributed by atoms with E-state index in [0.29, 0.717) is 0 Å². The molecule has 2 heterocycles. The zero-order valence-electron chi connectivity index (χ0n) is 10.0. The van der Waals surface area contributed by atoms with E-state index in [1.807, 2.05) is 22.7 Å². The maximum Gasteiger partial charge on any atom is 0.317 e. The van der Waals surface area contributed by atoms with Crippen molar-refractivity contribution >= 4 is 5.97 Å². The predicted molar refractivity (Wildman–Crippen MR) is 62.6 cm³/mol. The van der Waals surface area contributed by atoms with Crippen molar-refractivity contribution in [1.29, 1.82) is 0 Å². The summed E-state index contributed by atoms with van der Waals surface area (Å²) in [6.45, 7) is 4.52. The molecule has 0 saturated carbocycles. The van der Waals surface area contributed by atoms with Crippen molar-refractivity contribution in [3.63, 3.8) is 0 Å². The summed E-state index contributed by atoms with van der Waals surface area (Å²) >= 11 is 0. The van der Waals surface area contributed by atoms with E-state index in [1.54, 1.807) is 6.20 Å². The molecule has 6 nitrogen and oxygen atoms in total. The highest BCUT2D eigenvalue weighted by Gasteiger charge is 2.19. The van der Waals surface area contributed by atoms with Gasteiger partial charge >= 0.3 is 5.97 Å². The topological polar surface area (TPSA) is 61.6 Å². The van der Waals surface area contributed by atoms with Crippen LogP contribution in [0, 0.1) is 0 Å².